The Hall–Kier alpha value is -2.10. The highest BCUT2D eigenvalue weighted by Gasteiger charge is 2.08. The van der Waals surface area contributed by atoms with Gasteiger partial charge in [-0.15, -0.1) is 0 Å². The van der Waals surface area contributed by atoms with Crippen LogP contribution in [0.2, 0.25) is 5.02 Å². The van der Waals surface area contributed by atoms with Crippen molar-refractivity contribution in [2.45, 2.75) is 26.8 Å². The minimum absolute atomic E-state index is 0.663. The first kappa shape index (κ1) is 19.7. The third kappa shape index (κ3) is 5.95. The Labute approximate surface area is 167 Å². The van der Waals surface area contributed by atoms with Crippen molar-refractivity contribution in [2.24, 2.45) is 5.92 Å². The standard InChI is InChI=1S/C23H28ClN3/c1-18(2)16-27(17-19-7-4-3-5-8-19)14-6-12-25-22-11-13-26-23-15-20(24)9-10-21(22)23/h3-5,7-11,13,15,18H,6,12,14,16-17H2,1-2H3,(H,25,26). The molecule has 0 amide bonds. The van der Waals surface area contributed by atoms with Gasteiger partial charge in [-0.05, 0) is 42.2 Å². The number of aromatic nitrogens is 1. The van der Waals surface area contributed by atoms with E-state index in [2.05, 4.69) is 59.4 Å². The smallest absolute Gasteiger partial charge is 0.0737 e. The molecule has 1 N–H and O–H groups in total. The Kier molecular flexibility index (Phi) is 7.08. The van der Waals surface area contributed by atoms with Gasteiger partial charge in [0.2, 0.25) is 0 Å². The largest absolute Gasteiger partial charge is 0.384 e. The number of halogens is 1. The Morgan fingerprint density at radius 2 is 1.89 bits per heavy atom. The van der Waals surface area contributed by atoms with Gasteiger partial charge in [0, 0.05) is 48.5 Å². The highest BCUT2D eigenvalue weighted by molar-refractivity contribution is 6.31. The highest BCUT2D eigenvalue weighted by Crippen LogP contribution is 2.24. The number of nitrogens with one attached hydrogen (secondary N) is 1. The predicted molar refractivity (Wildman–Crippen MR) is 116 cm³/mol. The van der Waals surface area contributed by atoms with E-state index in [1.165, 1.54) is 5.56 Å². The molecule has 0 aliphatic carbocycles. The van der Waals surface area contributed by atoms with Crippen molar-refractivity contribution in [2.75, 3.05) is 25.0 Å². The van der Waals surface area contributed by atoms with Crippen molar-refractivity contribution in [3.63, 3.8) is 0 Å². The van der Waals surface area contributed by atoms with E-state index < -0.39 is 0 Å². The van der Waals surface area contributed by atoms with Crippen LogP contribution in [0, 0.1) is 5.92 Å². The normalized spacial score (nSPS) is 11.4. The summed E-state index contributed by atoms with van der Waals surface area (Å²) < 4.78 is 0. The van der Waals surface area contributed by atoms with Crippen molar-refractivity contribution < 1.29 is 0 Å². The van der Waals surface area contributed by atoms with Crippen LogP contribution in [-0.4, -0.2) is 29.5 Å². The predicted octanol–water partition coefficient (Wildman–Crippen LogP) is 5.85. The molecule has 27 heavy (non-hydrogen) atoms. The summed E-state index contributed by atoms with van der Waals surface area (Å²) in [7, 11) is 0. The summed E-state index contributed by atoms with van der Waals surface area (Å²) in [5.74, 6) is 0.663. The topological polar surface area (TPSA) is 28.2 Å². The van der Waals surface area contributed by atoms with E-state index >= 15 is 0 Å². The molecule has 0 bridgehead atoms. The van der Waals surface area contributed by atoms with E-state index in [1.54, 1.807) is 0 Å². The Morgan fingerprint density at radius 3 is 2.67 bits per heavy atom. The molecule has 0 aliphatic rings. The fourth-order valence-electron chi connectivity index (χ4n) is 3.39. The minimum atomic E-state index is 0.663. The summed E-state index contributed by atoms with van der Waals surface area (Å²) in [5, 5.41) is 5.41. The molecule has 0 saturated carbocycles. The molecule has 0 aliphatic heterocycles. The number of anilines is 1. The number of hydrogen-bond donors (Lipinski definition) is 1. The van der Waals surface area contributed by atoms with Crippen molar-refractivity contribution in [3.8, 4) is 0 Å². The number of hydrogen-bond acceptors (Lipinski definition) is 3. The molecule has 3 aromatic rings. The summed E-state index contributed by atoms with van der Waals surface area (Å²) >= 11 is 6.07. The van der Waals surface area contributed by atoms with Crippen LogP contribution in [0.3, 0.4) is 0 Å². The van der Waals surface area contributed by atoms with Crippen molar-refractivity contribution in [1.29, 1.82) is 0 Å². The maximum Gasteiger partial charge on any atom is 0.0737 e. The molecule has 0 unspecified atom stereocenters. The highest BCUT2D eigenvalue weighted by atomic mass is 35.5. The van der Waals surface area contributed by atoms with E-state index in [1.807, 2.05) is 30.5 Å². The zero-order chi connectivity index (χ0) is 19.1. The average molecular weight is 382 g/mol. The average Bonchev–Trinajstić information content (AvgIpc) is 2.65. The summed E-state index contributed by atoms with van der Waals surface area (Å²) in [6.07, 6.45) is 2.93. The van der Waals surface area contributed by atoms with Crippen LogP contribution in [0.1, 0.15) is 25.8 Å². The van der Waals surface area contributed by atoms with Gasteiger partial charge in [0.1, 0.15) is 0 Å². The van der Waals surface area contributed by atoms with Gasteiger partial charge < -0.3 is 5.32 Å². The van der Waals surface area contributed by atoms with Crippen molar-refractivity contribution >= 4 is 28.2 Å². The summed E-state index contributed by atoms with van der Waals surface area (Å²) in [4.78, 5) is 6.95. The second-order valence-corrected chi connectivity index (χ2v) is 7.85. The lowest BCUT2D eigenvalue weighted by molar-refractivity contribution is 0.235. The summed E-state index contributed by atoms with van der Waals surface area (Å²) in [6, 6.07) is 18.6. The zero-order valence-corrected chi connectivity index (χ0v) is 16.9. The lowest BCUT2D eigenvalue weighted by atomic mass is 10.1. The Morgan fingerprint density at radius 1 is 1.07 bits per heavy atom. The molecule has 1 heterocycles. The van der Waals surface area contributed by atoms with Crippen LogP contribution in [0.25, 0.3) is 10.9 Å². The van der Waals surface area contributed by atoms with Gasteiger partial charge >= 0.3 is 0 Å². The van der Waals surface area contributed by atoms with E-state index in [9.17, 15) is 0 Å². The number of nitrogens with zero attached hydrogens (tertiary/aromatic N) is 2. The zero-order valence-electron chi connectivity index (χ0n) is 16.2. The van der Waals surface area contributed by atoms with Gasteiger partial charge in [-0.2, -0.15) is 0 Å². The van der Waals surface area contributed by atoms with Crippen molar-refractivity contribution in [3.05, 3.63) is 71.4 Å². The molecule has 142 valence electrons. The van der Waals surface area contributed by atoms with E-state index in [4.69, 9.17) is 11.6 Å². The van der Waals surface area contributed by atoms with Gasteiger partial charge in [0.25, 0.3) is 0 Å². The number of benzene rings is 2. The second-order valence-electron chi connectivity index (χ2n) is 7.41. The molecular formula is C23H28ClN3. The first-order valence-corrected chi connectivity index (χ1v) is 10.0. The van der Waals surface area contributed by atoms with Gasteiger partial charge in [-0.1, -0.05) is 55.8 Å². The molecule has 2 aromatic carbocycles. The Balaban J connectivity index is 1.56. The second kappa shape index (κ2) is 9.72. The maximum absolute atomic E-state index is 6.07. The molecule has 3 nitrogen and oxygen atoms in total. The maximum atomic E-state index is 6.07. The first-order valence-electron chi connectivity index (χ1n) is 9.66. The number of rotatable bonds is 9. The molecule has 0 radical (unpaired) electrons. The quantitative estimate of drug-likeness (QED) is 0.471. The third-order valence-corrected chi connectivity index (χ3v) is 4.78. The SMILES string of the molecule is CC(C)CN(CCCNc1ccnc2cc(Cl)ccc12)Cc1ccccc1. The van der Waals surface area contributed by atoms with Crippen LogP contribution in [0.15, 0.2) is 60.8 Å². The molecule has 1 aromatic heterocycles. The fraction of sp³-hybridized carbons (Fsp3) is 0.348. The fourth-order valence-corrected chi connectivity index (χ4v) is 3.56. The van der Waals surface area contributed by atoms with Gasteiger partial charge in [0.05, 0.1) is 5.52 Å². The summed E-state index contributed by atoms with van der Waals surface area (Å²) in [5.41, 5.74) is 3.43. The third-order valence-electron chi connectivity index (χ3n) is 4.54. The molecular weight excluding hydrogens is 354 g/mol. The van der Waals surface area contributed by atoms with Gasteiger partial charge in [-0.25, -0.2) is 0 Å². The first-order chi connectivity index (χ1) is 13.1. The van der Waals surface area contributed by atoms with Crippen LogP contribution in [0.5, 0.6) is 0 Å². The molecule has 0 fully saturated rings. The summed E-state index contributed by atoms with van der Waals surface area (Å²) in [6.45, 7) is 8.70. The number of pyridine rings is 1. The molecule has 4 heteroatoms. The van der Waals surface area contributed by atoms with Crippen LogP contribution in [-0.2, 0) is 6.54 Å². The van der Waals surface area contributed by atoms with E-state index in [0.717, 1.165) is 54.2 Å². The molecule has 0 atom stereocenters. The van der Waals surface area contributed by atoms with Crippen LogP contribution in [0.4, 0.5) is 5.69 Å². The minimum Gasteiger partial charge on any atom is -0.384 e. The number of fused-ring (bicyclic) bond motifs is 1. The molecule has 0 spiro atoms. The monoisotopic (exact) mass is 381 g/mol. The van der Waals surface area contributed by atoms with Crippen LogP contribution < -0.4 is 5.32 Å². The lowest BCUT2D eigenvalue weighted by Crippen LogP contribution is -2.29. The molecule has 3 rings (SSSR count). The Bertz CT molecular complexity index is 849. The van der Waals surface area contributed by atoms with Gasteiger partial charge in [0.15, 0.2) is 0 Å². The van der Waals surface area contributed by atoms with Crippen LogP contribution >= 0.6 is 11.6 Å². The lowest BCUT2D eigenvalue weighted by Gasteiger charge is -2.24. The van der Waals surface area contributed by atoms with Crippen molar-refractivity contribution in [1.82, 2.24) is 9.88 Å². The van der Waals surface area contributed by atoms with Gasteiger partial charge in [-0.3, -0.25) is 9.88 Å². The van der Waals surface area contributed by atoms with E-state index in [0.29, 0.717) is 5.92 Å². The molecule has 0 saturated heterocycles. The van der Waals surface area contributed by atoms with E-state index in [-0.39, 0.29) is 0 Å².